The van der Waals surface area contributed by atoms with Crippen LogP contribution in [0.15, 0.2) is 18.2 Å². The minimum Gasteiger partial charge on any atom is -0.435 e. The fourth-order valence-corrected chi connectivity index (χ4v) is 1.49. The molecule has 0 aliphatic rings. The van der Waals surface area contributed by atoms with E-state index in [0.717, 1.165) is 5.56 Å². The van der Waals surface area contributed by atoms with E-state index in [0.29, 0.717) is 18.4 Å². The van der Waals surface area contributed by atoms with E-state index in [1.165, 1.54) is 12.1 Å². The van der Waals surface area contributed by atoms with Gasteiger partial charge in [0.2, 0.25) is 0 Å². The number of Topliss-reactive ketones (excluding diaryl/α,β-unsaturated/α-hetero) is 1. The molecule has 0 N–H and O–H groups in total. The summed E-state index contributed by atoms with van der Waals surface area (Å²) in [5.41, 5.74) is 1.33. The quantitative estimate of drug-likeness (QED) is 0.721. The zero-order valence-corrected chi connectivity index (χ0v) is 9.30. The van der Waals surface area contributed by atoms with E-state index >= 15 is 0 Å². The standard InChI is InChI=1S/C12H14F2O2/c1-3-8-5-6-9(16-12(13)14)7-10(8)11(15)4-2/h5-7,12H,3-4H2,1-2H3. The van der Waals surface area contributed by atoms with E-state index < -0.39 is 6.61 Å². The Balaban J connectivity index is 3.06. The molecular weight excluding hydrogens is 214 g/mol. The third kappa shape index (κ3) is 3.02. The molecule has 0 radical (unpaired) electrons. The summed E-state index contributed by atoms with van der Waals surface area (Å²) < 4.78 is 28.3. The number of carbonyl (C=O) groups is 1. The minimum absolute atomic E-state index is 0.0315. The minimum atomic E-state index is -2.86. The van der Waals surface area contributed by atoms with Crippen molar-refractivity contribution < 1.29 is 18.3 Å². The van der Waals surface area contributed by atoms with Gasteiger partial charge in [-0.15, -0.1) is 0 Å². The molecule has 4 heteroatoms. The smallest absolute Gasteiger partial charge is 0.387 e. The van der Waals surface area contributed by atoms with Gasteiger partial charge in [0.25, 0.3) is 0 Å². The van der Waals surface area contributed by atoms with Crippen LogP contribution in [-0.4, -0.2) is 12.4 Å². The number of ether oxygens (including phenoxy) is 1. The Kier molecular flexibility index (Phi) is 4.40. The van der Waals surface area contributed by atoms with Gasteiger partial charge in [-0.3, -0.25) is 4.79 Å². The Morgan fingerprint density at radius 2 is 2.06 bits per heavy atom. The van der Waals surface area contributed by atoms with Gasteiger partial charge in [0.15, 0.2) is 5.78 Å². The first-order chi connectivity index (χ1) is 7.58. The van der Waals surface area contributed by atoms with Crippen LogP contribution in [0.1, 0.15) is 36.2 Å². The van der Waals surface area contributed by atoms with Gasteiger partial charge in [-0.25, -0.2) is 0 Å². The van der Waals surface area contributed by atoms with Crippen LogP contribution in [0, 0.1) is 0 Å². The van der Waals surface area contributed by atoms with Crippen LogP contribution in [-0.2, 0) is 6.42 Å². The first-order valence-corrected chi connectivity index (χ1v) is 5.19. The lowest BCUT2D eigenvalue weighted by Gasteiger charge is -2.09. The molecule has 0 bridgehead atoms. The number of rotatable bonds is 5. The van der Waals surface area contributed by atoms with Crippen molar-refractivity contribution in [2.24, 2.45) is 0 Å². The number of aryl methyl sites for hydroxylation is 1. The second-order valence-corrected chi connectivity index (χ2v) is 3.33. The van der Waals surface area contributed by atoms with E-state index in [1.54, 1.807) is 13.0 Å². The fourth-order valence-electron chi connectivity index (χ4n) is 1.49. The number of hydrogen-bond donors (Lipinski definition) is 0. The number of benzene rings is 1. The van der Waals surface area contributed by atoms with Crippen LogP contribution < -0.4 is 4.74 Å². The van der Waals surface area contributed by atoms with Gasteiger partial charge in [0.05, 0.1) is 0 Å². The van der Waals surface area contributed by atoms with Gasteiger partial charge in [-0.05, 0) is 24.1 Å². The molecule has 0 unspecified atom stereocenters. The zero-order valence-electron chi connectivity index (χ0n) is 9.30. The highest BCUT2D eigenvalue weighted by atomic mass is 19.3. The van der Waals surface area contributed by atoms with Crippen LogP contribution in [0.4, 0.5) is 8.78 Å². The van der Waals surface area contributed by atoms with Crippen LogP contribution in [0.5, 0.6) is 5.75 Å². The highest BCUT2D eigenvalue weighted by Gasteiger charge is 2.12. The number of halogens is 2. The van der Waals surface area contributed by atoms with E-state index in [-0.39, 0.29) is 11.5 Å². The van der Waals surface area contributed by atoms with Gasteiger partial charge >= 0.3 is 6.61 Å². The van der Waals surface area contributed by atoms with Crippen molar-refractivity contribution in [2.75, 3.05) is 0 Å². The van der Waals surface area contributed by atoms with E-state index in [1.807, 2.05) is 6.92 Å². The monoisotopic (exact) mass is 228 g/mol. The summed E-state index contributed by atoms with van der Waals surface area (Å²) >= 11 is 0. The van der Waals surface area contributed by atoms with E-state index in [4.69, 9.17) is 0 Å². The zero-order chi connectivity index (χ0) is 12.1. The van der Waals surface area contributed by atoms with Crippen LogP contribution in [0.2, 0.25) is 0 Å². The molecule has 0 aliphatic carbocycles. The van der Waals surface area contributed by atoms with Crippen LogP contribution in [0.3, 0.4) is 0 Å². The molecule has 0 fully saturated rings. The van der Waals surface area contributed by atoms with Crippen molar-refractivity contribution in [3.05, 3.63) is 29.3 Å². The molecular formula is C12H14F2O2. The Morgan fingerprint density at radius 3 is 2.56 bits per heavy atom. The average molecular weight is 228 g/mol. The molecule has 0 saturated carbocycles. The first-order valence-electron chi connectivity index (χ1n) is 5.19. The normalized spacial score (nSPS) is 10.6. The second-order valence-electron chi connectivity index (χ2n) is 3.33. The summed E-state index contributed by atoms with van der Waals surface area (Å²) in [6.07, 6.45) is 1.04. The third-order valence-corrected chi connectivity index (χ3v) is 2.31. The lowest BCUT2D eigenvalue weighted by molar-refractivity contribution is -0.0498. The molecule has 0 aliphatic heterocycles. The van der Waals surface area contributed by atoms with Gasteiger partial charge in [0, 0.05) is 12.0 Å². The molecule has 0 atom stereocenters. The first kappa shape index (κ1) is 12.6. The average Bonchev–Trinajstić information content (AvgIpc) is 2.27. The van der Waals surface area contributed by atoms with Crippen molar-refractivity contribution in [1.29, 1.82) is 0 Å². The van der Waals surface area contributed by atoms with Crippen molar-refractivity contribution in [1.82, 2.24) is 0 Å². The molecule has 1 aromatic carbocycles. The number of alkyl halides is 2. The Labute approximate surface area is 93.2 Å². The molecule has 0 saturated heterocycles. The van der Waals surface area contributed by atoms with Crippen molar-refractivity contribution in [3.8, 4) is 5.75 Å². The maximum absolute atomic E-state index is 12.0. The summed E-state index contributed by atoms with van der Waals surface area (Å²) in [6, 6.07) is 4.49. The Morgan fingerprint density at radius 1 is 1.38 bits per heavy atom. The summed E-state index contributed by atoms with van der Waals surface area (Å²) in [4.78, 5) is 11.6. The molecule has 88 valence electrons. The number of hydrogen-bond acceptors (Lipinski definition) is 2. The maximum Gasteiger partial charge on any atom is 0.387 e. The highest BCUT2D eigenvalue weighted by Crippen LogP contribution is 2.21. The summed E-state index contributed by atoms with van der Waals surface area (Å²) in [5, 5.41) is 0. The van der Waals surface area contributed by atoms with Crippen LogP contribution >= 0.6 is 0 Å². The van der Waals surface area contributed by atoms with Gasteiger partial charge in [-0.1, -0.05) is 19.9 Å². The highest BCUT2D eigenvalue weighted by molar-refractivity contribution is 5.97. The van der Waals surface area contributed by atoms with Gasteiger partial charge < -0.3 is 4.74 Å². The molecule has 1 aromatic rings. The topological polar surface area (TPSA) is 26.3 Å². The predicted octanol–water partition coefficient (Wildman–Crippen LogP) is 3.44. The second kappa shape index (κ2) is 5.58. The third-order valence-electron chi connectivity index (χ3n) is 2.31. The molecule has 0 spiro atoms. The fraction of sp³-hybridized carbons (Fsp3) is 0.417. The predicted molar refractivity (Wildman–Crippen MR) is 57.1 cm³/mol. The molecule has 0 heterocycles. The lowest BCUT2D eigenvalue weighted by Crippen LogP contribution is -2.06. The van der Waals surface area contributed by atoms with Gasteiger partial charge in [-0.2, -0.15) is 8.78 Å². The van der Waals surface area contributed by atoms with Crippen LogP contribution in [0.25, 0.3) is 0 Å². The van der Waals surface area contributed by atoms with E-state index in [9.17, 15) is 13.6 Å². The van der Waals surface area contributed by atoms with Crippen molar-refractivity contribution >= 4 is 5.78 Å². The molecule has 16 heavy (non-hydrogen) atoms. The van der Waals surface area contributed by atoms with E-state index in [2.05, 4.69) is 4.74 Å². The molecule has 1 rings (SSSR count). The maximum atomic E-state index is 12.0. The SMILES string of the molecule is CCC(=O)c1cc(OC(F)F)ccc1CC. The molecule has 0 amide bonds. The Hall–Kier alpha value is -1.45. The summed E-state index contributed by atoms with van der Waals surface area (Å²) in [5.74, 6) is -0.0273. The van der Waals surface area contributed by atoms with Gasteiger partial charge in [0.1, 0.15) is 5.75 Å². The summed E-state index contributed by atoms with van der Waals surface area (Å²) in [6.45, 7) is 0.787. The number of carbonyl (C=O) groups excluding carboxylic acids is 1. The Bertz CT molecular complexity index is 375. The molecule has 0 aromatic heterocycles. The van der Waals surface area contributed by atoms with Crippen molar-refractivity contribution in [3.63, 3.8) is 0 Å². The lowest BCUT2D eigenvalue weighted by atomic mass is 10.00. The number of ketones is 1. The molecule has 2 nitrogen and oxygen atoms in total. The summed E-state index contributed by atoms with van der Waals surface area (Å²) in [7, 11) is 0. The van der Waals surface area contributed by atoms with Crippen molar-refractivity contribution in [2.45, 2.75) is 33.3 Å². The largest absolute Gasteiger partial charge is 0.435 e.